The molecule has 1 atom stereocenters. The highest BCUT2D eigenvalue weighted by Crippen LogP contribution is 2.45. The molecule has 0 N–H and O–H groups in total. The molecule has 0 saturated carbocycles. The van der Waals surface area contributed by atoms with Gasteiger partial charge in [-0.1, -0.05) is 97.1 Å². The van der Waals surface area contributed by atoms with E-state index in [-0.39, 0.29) is 5.92 Å². The van der Waals surface area contributed by atoms with Crippen LogP contribution in [0, 0.1) is 0 Å². The number of benzene rings is 4. The Hall–Kier alpha value is -4.11. The largest absolute Gasteiger partial charge is 0.456 e. The third kappa shape index (κ3) is 3.80. The van der Waals surface area contributed by atoms with Crippen LogP contribution in [0.25, 0.3) is 5.76 Å². The van der Waals surface area contributed by atoms with Crippen molar-refractivity contribution in [1.82, 2.24) is 0 Å². The smallest absolute Gasteiger partial charge is 0.140 e. The van der Waals surface area contributed by atoms with Gasteiger partial charge in [-0.05, 0) is 36.1 Å². The maximum absolute atomic E-state index is 6.56. The molecule has 0 bridgehead atoms. The van der Waals surface area contributed by atoms with Gasteiger partial charge in [-0.2, -0.15) is 5.10 Å². The number of nitrogens with zero attached hydrogens (tertiary/aromatic N) is 2. The zero-order chi connectivity index (χ0) is 22.7. The van der Waals surface area contributed by atoms with Crippen LogP contribution >= 0.6 is 0 Å². The molecule has 0 spiro atoms. The highest BCUT2D eigenvalue weighted by Gasteiger charge is 2.31. The Bertz CT molecular complexity index is 1360. The Labute approximate surface area is 200 Å². The third-order valence-electron chi connectivity index (χ3n) is 6.61. The summed E-state index contributed by atoms with van der Waals surface area (Å²) < 4.78 is 6.56. The molecule has 0 fully saturated rings. The second kappa shape index (κ2) is 9.03. The predicted molar refractivity (Wildman–Crippen MR) is 139 cm³/mol. The molecule has 0 amide bonds. The fraction of sp³-hybridized carbons (Fsp3) is 0.129. The fourth-order valence-electron chi connectivity index (χ4n) is 5.00. The standard InChI is InChI=1S/C31H26N2O/c1-3-13-24(14-4-1)30-26-18-8-10-20-29(26)34-31(25-15-5-2-6-16-25)27(30)22-32-33-21-11-17-23-12-7-9-19-28(23)33/h1-10,12-16,18-20,22,30H,11,17,21H2. The lowest BCUT2D eigenvalue weighted by Crippen LogP contribution is -2.25. The summed E-state index contributed by atoms with van der Waals surface area (Å²) in [6.45, 7) is 0.912. The molecular weight excluding hydrogens is 416 g/mol. The molecule has 0 saturated heterocycles. The minimum absolute atomic E-state index is 0.0325. The summed E-state index contributed by atoms with van der Waals surface area (Å²) >= 11 is 0. The Balaban J connectivity index is 1.52. The highest BCUT2D eigenvalue weighted by atomic mass is 16.5. The first-order valence-electron chi connectivity index (χ1n) is 11.9. The normalized spacial score (nSPS) is 17.3. The summed E-state index contributed by atoms with van der Waals surface area (Å²) in [6.07, 6.45) is 4.22. The Morgan fingerprint density at radius 2 is 1.47 bits per heavy atom. The average Bonchev–Trinajstić information content (AvgIpc) is 2.92. The van der Waals surface area contributed by atoms with Crippen LogP contribution in [0.5, 0.6) is 5.75 Å². The van der Waals surface area contributed by atoms with Gasteiger partial charge in [0, 0.05) is 29.2 Å². The molecule has 2 heterocycles. The minimum Gasteiger partial charge on any atom is -0.456 e. The lowest BCUT2D eigenvalue weighted by Gasteiger charge is -2.31. The number of hydrazone groups is 1. The SMILES string of the molecule is C(=NN1CCCc2ccccc21)C1=C(c2ccccc2)Oc2ccccc2C1c1ccccc1. The first-order chi connectivity index (χ1) is 16.9. The highest BCUT2D eigenvalue weighted by molar-refractivity contribution is 5.94. The summed E-state index contributed by atoms with van der Waals surface area (Å²) in [6, 6.07) is 37.9. The van der Waals surface area contributed by atoms with Gasteiger partial charge < -0.3 is 4.74 Å². The van der Waals surface area contributed by atoms with Gasteiger partial charge in [-0.15, -0.1) is 0 Å². The monoisotopic (exact) mass is 442 g/mol. The first-order valence-corrected chi connectivity index (χ1v) is 11.9. The summed E-state index contributed by atoms with van der Waals surface area (Å²) in [5.74, 6) is 1.79. The van der Waals surface area contributed by atoms with Crippen LogP contribution in [0.2, 0.25) is 0 Å². The number of allylic oxidation sites excluding steroid dienone is 1. The van der Waals surface area contributed by atoms with Crippen molar-refractivity contribution in [2.24, 2.45) is 5.10 Å². The predicted octanol–water partition coefficient (Wildman–Crippen LogP) is 7.06. The van der Waals surface area contributed by atoms with Crippen LogP contribution < -0.4 is 9.75 Å². The number of aryl methyl sites for hydroxylation is 1. The zero-order valence-corrected chi connectivity index (χ0v) is 19.0. The molecule has 34 heavy (non-hydrogen) atoms. The second-order valence-electron chi connectivity index (χ2n) is 8.73. The van der Waals surface area contributed by atoms with E-state index in [1.807, 2.05) is 18.3 Å². The van der Waals surface area contributed by atoms with Gasteiger partial charge >= 0.3 is 0 Å². The third-order valence-corrected chi connectivity index (χ3v) is 6.61. The number of hydrogen-bond donors (Lipinski definition) is 0. The van der Waals surface area contributed by atoms with Crippen molar-refractivity contribution in [3.05, 3.63) is 137 Å². The first kappa shape index (κ1) is 20.5. The van der Waals surface area contributed by atoms with Crippen LogP contribution in [-0.2, 0) is 6.42 Å². The van der Waals surface area contributed by atoms with E-state index in [1.54, 1.807) is 0 Å². The van der Waals surface area contributed by atoms with E-state index < -0.39 is 0 Å². The molecule has 4 aromatic carbocycles. The Morgan fingerprint density at radius 1 is 0.765 bits per heavy atom. The van der Waals surface area contributed by atoms with Crippen LogP contribution in [0.4, 0.5) is 5.69 Å². The molecule has 0 radical (unpaired) electrons. The van der Waals surface area contributed by atoms with E-state index in [9.17, 15) is 0 Å². The Kier molecular flexibility index (Phi) is 5.44. The summed E-state index contributed by atoms with van der Waals surface area (Å²) in [5.41, 5.74) is 7.06. The van der Waals surface area contributed by atoms with Crippen molar-refractivity contribution < 1.29 is 4.74 Å². The van der Waals surface area contributed by atoms with E-state index in [4.69, 9.17) is 9.84 Å². The van der Waals surface area contributed by atoms with E-state index in [0.29, 0.717) is 0 Å². The maximum atomic E-state index is 6.56. The second-order valence-corrected chi connectivity index (χ2v) is 8.73. The Morgan fingerprint density at radius 3 is 2.32 bits per heavy atom. The van der Waals surface area contributed by atoms with Crippen LogP contribution in [0.1, 0.15) is 34.6 Å². The van der Waals surface area contributed by atoms with Gasteiger partial charge in [0.1, 0.15) is 11.5 Å². The van der Waals surface area contributed by atoms with Crippen molar-refractivity contribution in [1.29, 1.82) is 0 Å². The molecule has 0 aliphatic carbocycles. The zero-order valence-electron chi connectivity index (χ0n) is 19.0. The van der Waals surface area contributed by atoms with Gasteiger partial charge in [-0.25, -0.2) is 0 Å². The lowest BCUT2D eigenvalue weighted by atomic mass is 9.81. The van der Waals surface area contributed by atoms with Gasteiger partial charge in [-0.3, -0.25) is 5.01 Å². The van der Waals surface area contributed by atoms with Crippen LogP contribution in [-0.4, -0.2) is 12.8 Å². The maximum Gasteiger partial charge on any atom is 0.140 e. The van der Waals surface area contributed by atoms with Gasteiger partial charge in [0.25, 0.3) is 0 Å². The summed E-state index contributed by atoms with van der Waals surface area (Å²) in [4.78, 5) is 0. The molecule has 0 aromatic heterocycles. The van der Waals surface area contributed by atoms with Crippen LogP contribution in [0.3, 0.4) is 0 Å². The van der Waals surface area contributed by atoms with E-state index in [2.05, 4.69) is 102 Å². The molecule has 3 heteroatoms. The van der Waals surface area contributed by atoms with Crippen molar-refractivity contribution in [2.45, 2.75) is 18.8 Å². The quantitative estimate of drug-likeness (QED) is 0.316. The molecule has 6 rings (SSSR count). The molecule has 166 valence electrons. The number of anilines is 1. The number of rotatable bonds is 4. The lowest BCUT2D eigenvalue weighted by molar-refractivity contribution is 0.489. The molecule has 3 nitrogen and oxygen atoms in total. The van der Waals surface area contributed by atoms with Gasteiger partial charge in [0.15, 0.2) is 0 Å². The molecule has 2 aliphatic heterocycles. The molecule has 4 aromatic rings. The van der Waals surface area contributed by atoms with Gasteiger partial charge in [0.05, 0.1) is 11.9 Å². The van der Waals surface area contributed by atoms with Crippen molar-refractivity contribution in [3.63, 3.8) is 0 Å². The molecule has 1 unspecified atom stereocenters. The van der Waals surface area contributed by atoms with Crippen LogP contribution in [0.15, 0.2) is 120 Å². The number of ether oxygens (including phenoxy) is 1. The van der Waals surface area contributed by atoms with Crippen molar-refractivity contribution >= 4 is 17.7 Å². The molecule has 2 aliphatic rings. The van der Waals surface area contributed by atoms with Crippen molar-refractivity contribution in [2.75, 3.05) is 11.6 Å². The topological polar surface area (TPSA) is 24.8 Å². The van der Waals surface area contributed by atoms with E-state index >= 15 is 0 Å². The van der Waals surface area contributed by atoms with Crippen molar-refractivity contribution in [3.8, 4) is 5.75 Å². The minimum atomic E-state index is 0.0325. The fourth-order valence-corrected chi connectivity index (χ4v) is 5.00. The van der Waals surface area contributed by atoms with E-state index in [0.717, 1.165) is 47.6 Å². The van der Waals surface area contributed by atoms with E-state index in [1.165, 1.54) is 16.8 Å². The average molecular weight is 443 g/mol. The molecular formula is C31H26N2O. The summed E-state index contributed by atoms with van der Waals surface area (Å²) in [7, 11) is 0. The summed E-state index contributed by atoms with van der Waals surface area (Å²) in [5, 5.41) is 7.18. The number of para-hydroxylation sites is 2. The van der Waals surface area contributed by atoms with Gasteiger partial charge in [0.2, 0.25) is 0 Å². The number of fused-ring (bicyclic) bond motifs is 2. The number of hydrogen-bond acceptors (Lipinski definition) is 3.